The molecule has 8 heteroatoms. The molecule has 0 spiro atoms. The number of ether oxygens (including phenoxy) is 1. The van der Waals surface area contributed by atoms with E-state index in [4.69, 9.17) is 4.74 Å². The Kier molecular flexibility index (Phi) is 6.49. The first kappa shape index (κ1) is 18.4. The number of methoxy groups -OCH3 is 1. The lowest BCUT2D eigenvalue weighted by atomic mass is 10.0. The molecule has 23 heavy (non-hydrogen) atoms. The fourth-order valence-corrected chi connectivity index (χ4v) is 2.11. The zero-order chi connectivity index (χ0) is 17.6. The zero-order valence-corrected chi connectivity index (χ0v) is 13.6. The molecule has 8 nitrogen and oxygen atoms in total. The highest BCUT2D eigenvalue weighted by molar-refractivity contribution is 5.95. The topological polar surface area (TPSA) is 111 Å². The Hall–Kier alpha value is -2.64. The van der Waals surface area contributed by atoms with Gasteiger partial charge in [-0.1, -0.05) is 13.8 Å². The molecule has 0 heterocycles. The predicted octanol–water partition coefficient (Wildman–Crippen LogP) is 1.95. The number of nitrogens with zero attached hydrogens (tertiary/aromatic N) is 1. The Balaban J connectivity index is 3.16. The molecule has 0 bridgehead atoms. The van der Waals surface area contributed by atoms with Crippen LogP contribution in [0.5, 0.6) is 0 Å². The van der Waals surface area contributed by atoms with Crippen molar-refractivity contribution in [1.29, 1.82) is 0 Å². The molecule has 1 rings (SSSR count). The molecular formula is C15H21N3O5. The minimum absolute atomic E-state index is 0.165. The monoisotopic (exact) mass is 323 g/mol. The first-order chi connectivity index (χ1) is 10.8. The fraction of sp³-hybridized carbons (Fsp3) is 0.467. The number of hydrogen-bond donors (Lipinski definition) is 2. The molecule has 0 fully saturated rings. The third-order valence-corrected chi connectivity index (χ3v) is 3.21. The van der Waals surface area contributed by atoms with Gasteiger partial charge in [-0.3, -0.25) is 14.9 Å². The molecular weight excluding hydrogens is 302 g/mol. The quantitative estimate of drug-likeness (QED) is 0.451. The first-order valence-corrected chi connectivity index (χ1v) is 7.15. The second-order valence-corrected chi connectivity index (χ2v) is 5.42. The van der Waals surface area contributed by atoms with Crippen LogP contribution < -0.4 is 10.6 Å². The lowest BCUT2D eigenvalue weighted by Crippen LogP contribution is -2.32. The van der Waals surface area contributed by atoms with Crippen LogP contribution >= 0.6 is 0 Å². The van der Waals surface area contributed by atoms with E-state index >= 15 is 0 Å². The number of rotatable bonds is 7. The lowest BCUT2D eigenvalue weighted by Gasteiger charge is -2.19. The van der Waals surface area contributed by atoms with Crippen molar-refractivity contribution in [2.24, 2.45) is 5.92 Å². The van der Waals surface area contributed by atoms with Crippen molar-refractivity contribution in [3.8, 4) is 0 Å². The van der Waals surface area contributed by atoms with Crippen molar-refractivity contribution >= 4 is 23.3 Å². The number of nitrogens with one attached hydrogen (secondary N) is 2. The molecule has 0 unspecified atom stereocenters. The molecule has 1 aromatic carbocycles. The van der Waals surface area contributed by atoms with E-state index in [-0.39, 0.29) is 22.9 Å². The van der Waals surface area contributed by atoms with Crippen molar-refractivity contribution in [3.05, 3.63) is 33.9 Å². The average molecular weight is 323 g/mol. The molecule has 0 aromatic heterocycles. The van der Waals surface area contributed by atoms with Crippen LogP contribution in [0.25, 0.3) is 0 Å². The Morgan fingerprint density at radius 2 is 2.00 bits per heavy atom. The van der Waals surface area contributed by atoms with E-state index in [0.29, 0.717) is 6.42 Å². The van der Waals surface area contributed by atoms with Crippen LogP contribution in [0.15, 0.2) is 18.2 Å². The average Bonchev–Trinajstić information content (AvgIpc) is 2.52. The van der Waals surface area contributed by atoms with Crippen molar-refractivity contribution in [1.82, 2.24) is 5.32 Å². The molecule has 126 valence electrons. The second-order valence-electron chi connectivity index (χ2n) is 5.42. The SMILES string of the molecule is CNC(=O)c1ccc(N[C@@H](CC(C)C)C(=O)OC)c([N+](=O)[O-])c1. The highest BCUT2D eigenvalue weighted by atomic mass is 16.6. The van der Waals surface area contributed by atoms with Gasteiger partial charge in [0.25, 0.3) is 11.6 Å². The van der Waals surface area contributed by atoms with Gasteiger partial charge in [0.05, 0.1) is 12.0 Å². The molecule has 0 aliphatic rings. The van der Waals surface area contributed by atoms with Gasteiger partial charge in [-0.2, -0.15) is 0 Å². The number of carbonyl (C=O) groups excluding carboxylic acids is 2. The minimum atomic E-state index is -0.704. The van der Waals surface area contributed by atoms with Gasteiger partial charge >= 0.3 is 5.97 Å². The number of carbonyl (C=O) groups is 2. The highest BCUT2D eigenvalue weighted by Crippen LogP contribution is 2.27. The number of amides is 1. The standard InChI is InChI=1S/C15H21N3O5/c1-9(2)7-12(15(20)23-4)17-11-6-5-10(14(19)16-3)8-13(11)18(21)22/h5-6,8-9,12,17H,7H2,1-4H3,(H,16,19)/t12-/m0/s1. The van der Waals surface area contributed by atoms with Crippen LogP contribution in [0.2, 0.25) is 0 Å². The summed E-state index contributed by atoms with van der Waals surface area (Å²) in [5.41, 5.74) is 0.0608. The van der Waals surface area contributed by atoms with Crippen molar-refractivity contribution in [3.63, 3.8) is 0 Å². The van der Waals surface area contributed by atoms with Crippen LogP contribution in [0.4, 0.5) is 11.4 Å². The Bertz CT molecular complexity index is 601. The summed E-state index contributed by atoms with van der Waals surface area (Å²) in [6.07, 6.45) is 0.459. The van der Waals surface area contributed by atoms with Crippen LogP contribution in [0, 0.1) is 16.0 Å². The van der Waals surface area contributed by atoms with Crippen LogP contribution in [-0.4, -0.2) is 37.0 Å². The van der Waals surface area contributed by atoms with Crippen LogP contribution in [0.3, 0.4) is 0 Å². The molecule has 0 saturated heterocycles. The summed E-state index contributed by atoms with van der Waals surface area (Å²) in [7, 11) is 2.71. The van der Waals surface area contributed by atoms with Gasteiger partial charge in [0, 0.05) is 18.7 Å². The molecule has 2 N–H and O–H groups in total. The molecule has 0 radical (unpaired) electrons. The Morgan fingerprint density at radius 1 is 1.35 bits per heavy atom. The summed E-state index contributed by atoms with van der Waals surface area (Å²) in [5, 5.41) is 16.5. The van der Waals surface area contributed by atoms with Crippen LogP contribution in [-0.2, 0) is 9.53 Å². The third kappa shape index (κ3) is 4.94. The van der Waals surface area contributed by atoms with Gasteiger partial charge in [0.1, 0.15) is 11.7 Å². The minimum Gasteiger partial charge on any atom is -0.467 e. The van der Waals surface area contributed by atoms with E-state index in [9.17, 15) is 19.7 Å². The van der Waals surface area contributed by atoms with Gasteiger partial charge in [-0.25, -0.2) is 4.79 Å². The van der Waals surface area contributed by atoms with Gasteiger partial charge in [0.15, 0.2) is 0 Å². The molecule has 1 amide bonds. The van der Waals surface area contributed by atoms with Crippen molar-refractivity contribution in [2.75, 3.05) is 19.5 Å². The maximum atomic E-state index is 11.8. The highest BCUT2D eigenvalue weighted by Gasteiger charge is 2.25. The van der Waals surface area contributed by atoms with E-state index in [2.05, 4.69) is 10.6 Å². The smallest absolute Gasteiger partial charge is 0.328 e. The summed E-state index contributed by atoms with van der Waals surface area (Å²) in [6, 6.07) is 3.34. The van der Waals surface area contributed by atoms with Gasteiger partial charge in [0.2, 0.25) is 0 Å². The molecule has 1 aromatic rings. The van der Waals surface area contributed by atoms with Gasteiger partial charge in [-0.15, -0.1) is 0 Å². The Morgan fingerprint density at radius 3 is 2.48 bits per heavy atom. The molecule has 1 atom stereocenters. The number of esters is 1. The zero-order valence-electron chi connectivity index (χ0n) is 13.6. The molecule has 0 saturated carbocycles. The maximum absolute atomic E-state index is 11.8. The summed E-state index contributed by atoms with van der Waals surface area (Å²) >= 11 is 0. The number of benzene rings is 1. The van der Waals surface area contributed by atoms with E-state index < -0.39 is 22.8 Å². The predicted molar refractivity (Wildman–Crippen MR) is 85.4 cm³/mol. The maximum Gasteiger partial charge on any atom is 0.328 e. The van der Waals surface area contributed by atoms with E-state index in [1.54, 1.807) is 0 Å². The summed E-state index contributed by atoms with van der Waals surface area (Å²) in [4.78, 5) is 34.1. The first-order valence-electron chi connectivity index (χ1n) is 7.15. The van der Waals surface area contributed by atoms with Gasteiger partial charge in [-0.05, 0) is 24.5 Å². The third-order valence-electron chi connectivity index (χ3n) is 3.21. The fourth-order valence-electron chi connectivity index (χ4n) is 2.11. The molecule has 0 aliphatic carbocycles. The normalized spacial score (nSPS) is 11.7. The number of nitro groups is 1. The van der Waals surface area contributed by atoms with E-state index in [0.717, 1.165) is 0 Å². The van der Waals surface area contributed by atoms with Crippen molar-refractivity contribution < 1.29 is 19.2 Å². The number of hydrogen-bond acceptors (Lipinski definition) is 6. The van der Waals surface area contributed by atoms with Gasteiger partial charge < -0.3 is 15.4 Å². The second kappa shape index (κ2) is 8.11. The van der Waals surface area contributed by atoms with Crippen LogP contribution in [0.1, 0.15) is 30.6 Å². The van der Waals surface area contributed by atoms with Crippen molar-refractivity contribution in [2.45, 2.75) is 26.3 Å². The number of anilines is 1. The van der Waals surface area contributed by atoms with E-state index in [1.165, 1.54) is 32.4 Å². The lowest BCUT2D eigenvalue weighted by molar-refractivity contribution is -0.384. The summed E-state index contributed by atoms with van der Waals surface area (Å²) in [6.45, 7) is 3.86. The largest absolute Gasteiger partial charge is 0.467 e. The van der Waals surface area contributed by atoms with E-state index in [1.807, 2.05) is 13.8 Å². The summed E-state index contributed by atoms with van der Waals surface area (Å²) in [5.74, 6) is -0.731. The number of nitro benzene ring substituents is 1. The molecule has 0 aliphatic heterocycles. The Labute approximate surface area is 134 Å². The summed E-state index contributed by atoms with van der Waals surface area (Å²) < 4.78 is 4.73.